The second kappa shape index (κ2) is 6.87. The molecule has 0 radical (unpaired) electrons. The van der Waals surface area contributed by atoms with Crippen molar-refractivity contribution in [3.05, 3.63) is 76.6 Å². The maximum absolute atomic E-state index is 12.7. The Hall–Kier alpha value is -2.13. The molecule has 2 aromatic carbocycles. The highest BCUT2D eigenvalue weighted by atomic mass is 35.5. The van der Waals surface area contributed by atoms with Gasteiger partial charge in [-0.05, 0) is 41.5 Å². The number of amides is 1. The summed E-state index contributed by atoms with van der Waals surface area (Å²) in [6.45, 7) is 0.365. The molecule has 0 saturated carbocycles. The van der Waals surface area contributed by atoms with Crippen LogP contribution in [0.15, 0.2) is 54.6 Å². The van der Waals surface area contributed by atoms with E-state index in [0.717, 1.165) is 11.1 Å². The fourth-order valence-electron chi connectivity index (χ4n) is 1.60. The first-order valence-corrected chi connectivity index (χ1v) is 6.47. The van der Waals surface area contributed by atoms with Gasteiger partial charge in [0.25, 0.3) is 0 Å². The molecular weight excluding hydrogens is 277 g/mol. The average molecular weight is 290 g/mol. The van der Waals surface area contributed by atoms with Crippen molar-refractivity contribution < 1.29 is 9.18 Å². The molecule has 4 heteroatoms. The van der Waals surface area contributed by atoms with Crippen LogP contribution in [-0.2, 0) is 11.3 Å². The molecule has 1 N–H and O–H groups in total. The van der Waals surface area contributed by atoms with Crippen LogP contribution in [0.25, 0.3) is 6.08 Å². The molecule has 102 valence electrons. The number of benzene rings is 2. The van der Waals surface area contributed by atoms with Crippen LogP contribution in [0.5, 0.6) is 0 Å². The zero-order valence-corrected chi connectivity index (χ0v) is 11.4. The van der Waals surface area contributed by atoms with E-state index in [9.17, 15) is 9.18 Å². The Morgan fingerprint density at radius 2 is 1.75 bits per heavy atom. The smallest absolute Gasteiger partial charge is 0.244 e. The van der Waals surface area contributed by atoms with Crippen molar-refractivity contribution in [2.24, 2.45) is 0 Å². The Kier molecular flexibility index (Phi) is 4.91. The number of carbonyl (C=O) groups excluding carboxylic acids is 1. The van der Waals surface area contributed by atoms with E-state index in [1.165, 1.54) is 18.2 Å². The van der Waals surface area contributed by atoms with Gasteiger partial charge >= 0.3 is 0 Å². The quantitative estimate of drug-likeness (QED) is 0.852. The van der Waals surface area contributed by atoms with Crippen molar-refractivity contribution in [1.82, 2.24) is 5.32 Å². The Labute approximate surface area is 121 Å². The van der Waals surface area contributed by atoms with Crippen molar-refractivity contribution in [2.75, 3.05) is 0 Å². The standard InChI is InChI=1S/C16H13ClFNO/c17-14-6-1-12(2-7-14)5-10-16(20)19-11-13-3-8-15(18)9-4-13/h1-10H,11H2,(H,19,20)/b10-5+. The predicted molar refractivity (Wildman–Crippen MR) is 78.7 cm³/mol. The monoisotopic (exact) mass is 289 g/mol. The summed E-state index contributed by atoms with van der Waals surface area (Å²) < 4.78 is 12.7. The van der Waals surface area contributed by atoms with Gasteiger partial charge in [0.1, 0.15) is 5.82 Å². The molecule has 0 fully saturated rings. The second-order valence-corrected chi connectivity index (χ2v) is 4.67. The van der Waals surface area contributed by atoms with Crippen molar-refractivity contribution in [1.29, 1.82) is 0 Å². The van der Waals surface area contributed by atoms with Gasteiger partial charge in [0.2, 0.25) is 5.91 Å². The minimum Gasteiger partial charge on any atom is -0.348 e. The third kappa shape index (κ3) is 4.52. The highest BCUT2D eigenvalue weighted by Crippen LogP contribution is 2.10. The lowest BCUT2D eigenvalue weighted by Gasteiger charge is -2.02. The van der Waals surface area contributed by atoms with Crippen LogP contribution in [-0.4, -0.2) is 5.91 Å². The summed E-state index contributed by atoms with van der Waals surface area (Å²) in [6, 6.07) is 13.2. The maximum Gasteiger partial charge on any atom is 0.244 e. The molecule has 0 atom stereocenters. The predicted octanol–water partition coefficient (Wildman–Crippen LogP) is 3.81. The second-order valence-electron chi connectivity index (χ2n) is 4.23. The van der Waals surface area contributed by atoms with Gasteiger partial charge in [0.05, 0.1) is 0 Å². The van der Waals surface area contributed by atoms with Crippen LogP contribution in [0.4, 0.5) is 4.39 Å². The summed E-state index contributed by atoms with van der Waals surface area (Å²) in [5.74, 6) is -0.494. The van der Waals surface area contributed by atoms with E-state index in [2.05, 4.69) is 5.32 Å². The molecule has 20 heavy (non-hydrogen) atoms. The summed E-state index contributed by atoms with van der Waals surface area (Å²) in [7, 11) is 0. The van der Waals surface area contributed by atoms with Crippen LogP contribution in [0.3, 0.4) is 0 Å². The molecule has 0 aromatic heterocycles. The number of hydrogen-bond acceptors (Lipinski definition) is 1. The van der Waals surface area contributed by atoms with Gasteiger partial charge in [-0.15, -0.1) is 0 Å². The highest BCUT2D eigenvalue weighted by Gasteiger charge is 1.97. The summed E-state index contributed by atoms with van der Waals surface area (Å²) in [4.78, 5) is 11.6. The Bertz CT molecular complexity index is 605. The lowest BCUT2D eigenvalue weighted by molar-refractivity contribution is -0.116. The molecule has 1 amide bonds. The van der Waals surface area contributed by atoms with E-state index in [1.54, 1.807) is 30.3 Å². The van der Waals surface area contributed by atoms with Crippen LogP contribution in [0, 0.1) is 5.82 Å². The molecule has 0 unspecified atom stereocenters. The van der Waals surface area contributed by atoms with E-state index in [0.29, 0.717) is 11.6 Å². The molecule has 0 bridgehead atoms. The molecule has 0 aliphatic carbocycles. The fourth-order valence-corrected chi connectivity index (χ4v) is 1.72. The van der Waals surface area contributed by atoms with Crippen LogP contribution < -0.4 is 5.32 Å². The first-order valence-electron chi connectivity index (χ1n) is 6.09. The van der Waals surface area contributed by atoms with Crippen molar-refractivity contribution in [3.63, 3.8) is 0 Å². The zero-order chi connectivity index (χ0) is 14.4. The number of halogens is 2. The van der Waals surface area contributed by atoms with Gasteiger partial charge in [-0.1, -0.05) is 35.9 Å². The lowest BCUT2D eigenvalue weighted by Crippen LogP contribution is -2.20. The molecular formula is C16H13ClFNO. The summed E-state index contributed by atoms with van der Waals surface area (Å²) >= 11 is 5.77. The molecule has 2 rings (SSSR count). The molecule has 0 spiro atoms. The maximum atomic E-state index is 12.7. The van der Waals surface area contributed by atoms with Gasteiger partial charge in [-0.3, -0.25) is 4.79 Å². The zero-order valence-electron chi connectivity index (χ0n) is 10.6. The number of hydrogen-bond donors (Lipinski definition) is 1. The molecule has 2 nitrogen and oxygen atoms in total. The van der Waals surface area contributed by atoms with E-state index in [4.69, 9.17) is 11.6 Å². The van der Waals surface area contributed by atoms with Gasteiger partial charge < -0.3 is 5.32 Å². The highest BCUT2D eigenvalue weighted by molar-refractivity contribution is 6.30. The first-order chi connectivity index (χ1) is 9.63. The fraction of sp³-hybridized carbons (Fsp3) is 0.0625. The van der Waals surface area contributed by atoms with Crippen molar-refractivity contribution in [3.8, 4) is 0 Å². The first kappa shape index (κ1) is 14.3. The third-order valence-electron chi connectivity index (χ3n) is 2.68. The van der Waals surface area contributed by atoms with E-state index in [-0.39, 0.29) is 11.7 Å². The number of rotatable bonds is 4. The Balaban J connectivity index is 1.86. The molecule has 2 aromatic rings. The Morgan fingerprint density at radius 1 is 1.10 bits per heavy atom. The Morgan fingerprint density at radius 3 is 2.40 bits per heavy atom. The van der Waals surface area contributed by atoms with E-state index >= 15 is 0 Å². The lowest BCUT2D eigenvalue weighted by atomic mass is 10.2. The SMILES string of the molecule is O=C(/C=C/c1ccc(Cl)cc1)NCc1ccc(F)cc1. The van der Waals surface area contributed by atoms with Crippen molar-refractivity contribution >= 4 is 23.6 Å². The van der Waals surface area contributed by atoms with Gasteiger partial charge in [0, 0.05) is 17.6 Å². The molecule has 0 aliphatic heterocycles. The van der Waals surface area contributed by atoms with Gasteiger partial charge in [0.15, 0.2) is 0 Å². The minimum atomic E-state index is -0.289. The van der Waals surface area contributed by atoms with E-state index in [1.807, 2.05) is 12.1 Å². The number of carbonyl (C=O) groups is 1. The van der Waals surface area contributed by atoms with Crippen LogP contribution in [0.1, 0.15) is 11.1 Å². The van der Waals surface area contributed by atoms with Crippen molar-refractivity contribution in [2.45, 2.75) is 6.54 Å². The molecule has 0 aliphatic rings. The normalized spacial score (nSPS) is 10.7. The topological polar surface area (TPSA) is 29.1 Å². The number of nitrogens with one attached hydrogen (secondary N) is 1. The van der Waals surface area contributed by atoms with Gasteiger partial charge in [-0.25, -0.2) is 4.39 Å². The summed E-state index contributed by atoms with van der Waals surface area (Å²) in [5, 5.41) is 3.38. The largest absolute Gasteiger partial charge is 0.348 e. The van der Waals surface area contributed by atoms with E-state index < -0.39 is 0 Å². The minimum absolute atomic E-state index is 0.204. The van der Waals surface area contributed by atoms with Crippen LogP contribution >= 0.6 is 11.6 Å². The average Bonchev–Trinajstić information content (AvgIpc) is 2.46. The third-order valence-corrected chi connectivity index (χ3v) is 2.93. The summed E-state index contributed by atoms with van der Waals surface area (Å²) in [6.07, 6.45) is 3.16. The van der Waals surface area contributed by atoms with Crippen LogP contribution in [0.2, 0.25) is 5.02 Å². The van der Waals surface area contributed by atoms with Gasteiger partial charge in [-0.2, -0.15) is 0 Å². The summed E-state index contributed by atoms with van der Waals surface area (Å²) in [5.41, 5.74) is 1.74. The molecule has 0 saturated heterocycles. The molecule has 0 heterocycles.